The minimum absolute atomic E-state index is 0.533. The van der Waals surface area contributed by atoms with Gasteiger partial charge in [-0.3, -0.25) is 9.88 Å². The number of aromatic nitrogens is 1. The number of likely N-dealkylation sites (tertiary alicyclic amines) is 1. The third-order valence-electron chi connectivity index (χ3n) is 3.91. The highest BCUT2D eigenvalue weighted by molar-refractivity contribution is 5.11. The smallest absolute Gasteiger partial charge is 0.0547 e. The highest BCUT2D eigenvalue weighted by Gasteiger charge is 2.19. The molecule has 1 aromatic heterocycles. The Kier molecular flexibility index (Phi) is 5.14. The number of rotatable bonds is 4. The van der Waals surface area contributed by atoms with Gasteiger partial charge in [0.2, 0.25) is 0 Å². The summed E-state index contributed by atoms with van der Waals surface area (Å²) in [6, 6.07) is 6.93. The predicted octanol–water partition coefficient (Wildman–Crippen LogP) is 2.69. The summed E-state index contributed by atoms with van der Waals surface area (Å²) in [5.74, 6) is 0. The maximum Gasteiger partial charge on any atom is 0.0547 e. The predicted molar refractivity (Wildman–Crippen MR) is 75.1 cm³/mol. The Morgan fingerprint density at radius 1 is 1.28 bits per heavy atom. The van der Waals surface area contributed by atoms with E-state index in [1.807, 2.05) is 6.07 Å². The van der Waals surface area contributed by atoms with Crippen LogP contribution in [0.1, 0.15) is 50.4 Å². The first-order chi connectivity index (χ1) is 8.83. The van der Waals surface area contributed by atoms with Crippen molar-refractivity contribution >= 4 is 0 Å². The van der Waals surface area contributed by atoms with E-state index in [9.17, 15) is 0 Å². The van der Waals surface area contributed by atoms with Crippen LogP contribution in [0, 0.1) is 0 Å². The van der Waals surface area contributed by atoms with Crippen molar-refractivity contribution < 1.29 is 0 Å². The summed E-state index contributed by atoms with van der Waals surface area (Å²) in [4.78, 5) is 7.22. The highest BCUT2D eigenvalue weighted by atomic mass is 15.2. The molecule has 3 nitrogen and oxygen atoms in total. The number of hydrogen-bond donors (Lipinski definition) is 1. The molecule has 1 unspecified atom stereocenters. The minimum atomic E-state index is 0.533. The van der Waals surface area contributed by atoms with E-state index in [0.29, 0.717) is 6.54 Å². The van der Waals surface area contributed by atoms with Crippen LogP contribution in [-0.2, 0) is 13.1 Å². The lowest BCUT2D eigenvalue weighted by atomic mass is 10.1. The van der Waals surface area contributed by atoms with E-state index in [1.165, 1.54) is 44.3 Å². The van der Waals surface area contributed by atoms with Gasteiger partial charge in [-0.2, -0.15) is 0 Å². The molecule has 1 aliphatic rings. The summed E-state index contributed by atoms with van der Waals surface area (Å²) in [6.45, 7) is 5.02. The highest BCUT2D eigenvalue weighted by Crippen LogP contribution is 2.20. The van der Waals surface area contributed by atoms with Gasteiger partial charge in [-0.25, -0.2) is 0 Å². The largest absolute Gasteiger partial charge is 0.325 e. The molecule has 0 aliphatic carbocycles. The second-order valence-corrected chi connectivity index (χ2v) is 5.21. The molecule has 0 saturated carbocycles. The van der Waals surface area contributed by atoms with Crippen molar-refractivity contribution in [2.24, 2.45) is 5.73 Å². The summed E-state index contributed by atoms with van der Waals surface area (Å²) in [7, 11) is 0. The molecule has 1 fully saturated rings. The summed E-state index contributed by atoms with van der Waals surface area (Å²) < 4.78 is 0. The van der Waals surface area contributed by atoms with Gasteiger partial charge in [-0.15, -0.1) is 0 Å². The molecular weight excluding hydrogens is 222 g/mol. The monoisotopic (exact) mass is 247 g/mol. The Labute approximate surface area is 110 Å². The fraction of sp³-hybridized carbons (Fsp3) is 0.667. The molecule has 1 saturated heterocycles. The molecule has 0 radical (unpaired) electrons. The average molecular weight is 247 g/mol. The van der Waals surface area contributed by atoms with E-state index in [1.54, 1.807) is 0 Å². The van der Waals surface area contributed by atoms with E-state index >= 15 is 0 Å². The SMILES string of the molecule is CCC1CCCCCN1Cc1cccc(CN)n1. The van der Waals surface area contributed by atoms with Gasteiger partial charge in [-0.1, -0.05) is 25.8 Å². The van der Waals surface area contributed by atoms with E-state index in [0.717, 1.165) is 18.3 Å². The Balaban J connectivity index is 2.05. The first-order valence-corrected chi connectivity index (χ1v) is 7.22. The van der Waals surface area contributed by atoms with E-state index in [2.05, 4.69) is 28.9 Å². The molecule has 0 spiro atoms. The molecule has 18 heavy (non-hydrogen) atoms. The van der Waals surface area contributed by atoms with Crippen molar-refractivity contribution in [3.05, 3.63) is 29.6 Å². The van der Waals surface area contributed by atoms with Crippen molar-refractivity contribution in [3.63, 3.8) is 0 Å². The van der Waals surface area contributed by atoms with Gasteiger partial charge in [0.25, 0.3) is 0 Å². The second-order valence-electron chi connectivity index (χ2n) is 5.21. The molecular formula is C15H25N3. The van der Waals surface area contributed by atoms with Crippen molar-refractivity contribution in [3.8, 4) is 0 Å². The number of pyridine rings is 1. The van der Waals surface area contributed by atoms with Gasteiger partial charge in [-0.05, 0) is 37.9 Å². The van der Waals surface area contributed by atoms with Crippen LogP contribution in [0.3, 0.4) is 0 Å². The van der Waals surface area contributed by atoms with Crippen molar-refractivity contribution in [1.29, 1.82) is 0 Å². The van der Waals surface area contributed by atoms with Crippen LogP contribution in [0.4, 0.5) is 0 Å². The van der Waals surface area contributed by atoms with Gasteiger partial charge < -0.3 is 5.73 Å². The second kappa shape index (κ2) is 6.86. The maximum atomic E-state index is 5.65. The zero-order valence-corrected chi connectivity index (χ0v) is 11.4. The average Bonchev–Trinajstić information content (AvgIpc) is 2.64. The van der Waals surface area contributed by atoms with Crippen LogP contribution in [0.2, 0.25) is 0 Å². The molecule has 0 bridgehead atoms. The molecule has 1 aliphatic heterocycles. The van der Waals surface area contributed by atoms with Gasteiger partial charge in [0.05, 0.1) is 11.4 Å². The van der Waals surface area contributed by atoms with Crippen LogP contribution >= 0.6 is 0 Å². The van der Waals surface area contributed by atoms with Crippen molar-refractivity contribution in [2.75, 3.05) is 6.54 Å². The topological polar surface area (TPSA) is 42.1 Å². The lowest BCUT2D eigenvalue weighted by Gasteiger charge is -2.28. The number of nitrogens with zero attached hydrogens (tertiary/aromatic N) is 2. The third kappa shape index (κ3) is 3.53. The fourth-order valence-electron chi connectivity index (χ4n) is 2.85. The molecule has 2 N–H and O–H groups in total. The van der Waals surface area contributed by atoms with Crippen molar-refractivity contribution in [1.82, 2.24) is 9.88 Å². The van der Waals surface area contributed by atoms with E-state index in [-0.39, 0.29) is 0 Å². The normalized spacial score (nSPS) is 21.8. The summed E-state index contributed by atoms with van der Waals surface area (Å²) in [5, 5.41) is 0. The molecule has 1 atom stereocenters. The zero-order chi connectivity index (χ0) is 12.8. The quantitative estimate of drug-likeness (QED) is 0.889. The molecule has 0 aromatic carbocycles. The van der Waals surface area contributed by atoms with Crippen LogP contribution in [-0.4, -0.2) is 22.5 Å². The summed E-state index contributed by atoms with van der Waals surface area (Å²) >= 11 is 0. The molecule has 100 valence electrons. The molecule has 2 rings (SSSR count). The third-order valence-corrected chi connectivity index (χ3v) is 3.91. The summed E-state index contributed by atoms with van der Waals surface area (Å²) in [6.07, 6.45) is 6.67. The van der Waals surface area contributed by atoms with Gasteiger partial charge in [0, 0.05) is 19.1 Å². The van der Waals surface area contributed by atoms with Crippen LogP contribution in [0.5, 0.6) is 0 Å². The standard InChI is InChI=1S/C15H25N3/c1-2-15-9-4-3-5-10-18(15)12-14-8-6-7-13(11-16)17-14/h6-8,15H,2-5,9-12,16H2,1H3. The fourth-order valence-corrected chi connectivity index (χ4v) is 2.85. The maximum absolute atomic E-state index is 5.65. The number of nitrogens with two attached hydrogens (primary N) is 1. The van der Waals surface area contributed by atoms with Gasteiger partial charge in [0.1, 0.15) is 0 Å². The molecule has 3 heteroatoms. The Morgan fingerprint density at radius 3 is 2.89 bits per heavy atom. The summed E-state index contributed by atoms with van der Waals surface area (Å²) in [5.41, 5.74) is 7.82. The molecule has 2 heterocycles. The van der Waals surface area contributed by atoms with Gasteiger partial charge in [0.15, 0.2) is 0 Å². The zero-order valence-electron chi connectivity index (χ0n) is 11.4. The van der Waals surface area contributed by atoms with Gasteiger partial charge >= 0.3 is 0 Å². The molecule has 1 aromatic rings. The van der Waals surface area contributed by atoms with E-state index in [4.69, 9.17) is 5.73 Å². The van der Waals surface area contributed by atoms with Crippen LogP contribution in [0.25, 0.3) is 0 Å². The van der Waals surface area contributed by atoms with Crippen molar-refractivity contribution in [2.45, 2.75) is 58.2 Å². The Hall–Kier alpha value is -0.930. The minimum Gasteiger partial charge on any atom is -0.325 e. The first-order valence-electron chi connectivity index (χ1n) is 7.22. The van der Waals surface area contributed by atoms with Crippen LogP contribution in [0.15, 0.2) is 18.2 Å². The first kappa shape index (κ1) is 13.5. The molecule has 0 amide bonds. The lowest BCUT2D eigenvalue weighted by Crippen LogP contribution is -2.34. The van der Waals surface area contributed by atoms with Crippen LogP contribution < -0.4 is 5.73 Å². The van der Waals surface area contributed by atoms with E-state index < -0.39 is 0 Å². The lowest BCUT2D eigenvalue weighted by molar-refractivity contribution is 0.184. The number of hydrogen-bond acceptors (Lipinski definition) is 3. The Bertz CT molecular complexity index is 365. The Morgan fingerprint density at radius 2 is 2.11 bits per heavy atom.